The highest BCUT2D eigenvalue weighted by Gasteiger charge is 2.23. The van der Waals surface area contributed by atoms with Gasteiger partial charge in [-0.25, -0.2) is 0 Å². The summed E-state index contributed by atoms with van der Waals surface area (Å²) in [5.74, 6) is 0. The predicted molar refractivity (Wildman–Crippen MR) is 200 cm³/mol. The first-order valence-electron chi connectivity index (χ1n) is 16.3. The lowest BCUT2D eigenvalue weighted by Gasteiger charge is -2.19. The summed E-state index contributed by atoms with van der Waals surface area (Å²) in [6, 6.07) is 57.9. The molecule has 0 fully saturated rings. The molecule has 5 nitrogen and oxygen atoms in total. The monoisotopic (exact) mass is 635 g/mol. The lowest BCUT2D eigenvalue weighted by molar-refractivity contribution is 1.17. The molecule has 50 heavy (non-hydrogen) atoms. The lowest BCUT2D eigenvalue weighted by Crippen LogP contribution is -2.02. The van der Waals surface area contributed by atoms with Gasteiger partial charge >= 0.3 is 0 Å². The smallest absolute Gasteiger partial charge is 0.101 e. The summed E-state index contributed by atoms with van der Waals surface area (Å²) in [4.78, 5) is 0. The Hall–Kier alpha value is -7.39. The number of rotatable bonds is 4. The van der Waals surface area contributed by atoms with Crippen LogP contribution in [-0.2, 0) is 0 Å². The van der Waals surface area contributed by atoms with Gasteiger partial charge in [0.25, 0.3) is 0 Å². The maximum atomic E-state index is 10.6. The average Bonchev–Trinajstić information content (AvgIpc) is 3.70. The average molecular weight is 636 g/mol. The van der Waals surface area contributed by atoms with Gasteiger partial charge < -0.3 is 9.13 Å². The lowest BCUT2D eigenvalue weighted by atomic mass is 9.89. The molecule has 0 aliphatic carbocycles. The minimum atomic E-state index is 0.315. The fourth-order valence-electron chi connectivity index (χ4n) is 7.51. The van der Waals surface area contributed by atoms with Crippen molar-refractivity contribution < 1.29 is 0 Å². The summed E-state index contributed by atoms with van der Waals surface area (Å²) < 4.78 is 4.44. The fraction of sp³-hybridized carbons (Fsp3) is 0. The van der Waals surface area contributed by atoms with E-state index < -0.39 is 0 Å². The van der Waals surface area contributed by atoms with Gasteiger partial charge in [-0.3, -0.25) is 0 Å². The van der Waals surface area contributed by atoms with Crippen LogP contribution in [0.1, 0.15) is 16.7 Å². The summed E-state index contributed by atoms with van der Waals surface area (Å²) in [5, 5.41) is 34.9. The molecular formula is C45H25N5. The molecule has 0 aliphatic rings. The molecular weight excluding hydrogens is 611 g/mol. The van der Waals surface area contributed by atoms with Crippen LogP contribution >= 0.6 is 0 Å². The minimum Gasteiger partial charge on any atom is -0.309 e. The Kier molecular flexibility index (Phi) is 6.56. The summed E-state index contributed by atoms with van der Waals surface area (Å²) in [5.41, 5.74) is 10.7. The third-order valence-corrected chi connectivity index (χ3v) is 9.67. The Morgan fingerprint density at radius 2 is 0.980 bits per heavy atom. The van der Waals surface area contributed by atoms with Gasteiger partial charge in [0.1, 0.15) is 12.1 Å². The van der Waals surface area contributed by atoms with E-state index in [4.69, 9.17) is 0 Å². The number of benzene rings is 7. The van der Waals surface area contributed by atoms with Crippen molar-refractivity contribution in [3.05, 3.63) is 168 Å². The maximum absolute atomic E-state index is 10.6. The fourth-order valence-corrected chi connectivity index (χ4v) is 7.51. The Morgan fingerprint density at radius 1 is 0.420 bits per heavy atom. The van der Waals surface area contributed by atoms with Crippen LogP contribution in [0.3, 0.4) is 0 Å². The van der Waals surface area contributed by atoms with Crippen LogP contribution in [0.5, 0.6) is 0 Å². The van der Waals surface area contributed by atoms with Crippen LogP contribution in [-0.4, -0.2) is 9.13 Å². The van der Waals surface area contributed by atoms with Gasteiger partial charge in [0, 0.05) is 32.8 Å². The number of nitrogens with zero attached hydrogens (tertiary/aromatic N) is 5. The molecule has 0 N–H and O–H groups in total. The van der Waals surface area contributed by atoms with Crippen molar-refractivity contribution in [2.45, 2.75) is 0 Å². The summed E-state index contributed by atoms with van der Waals surface area (Å²) >= 11 is 0. The normalized spacial score (nSPS) is 11.1. The molecule has 9 rings (SSSR count). The van der Waals surface area contributed by atoms with Crippen molar-refractivity contribution in [1.29, 1.82) is 15.8 Å². The van der Waals surface area contributed by atoms with Crippen LogP contribution in [0.2, 0.25) is 0 Å². The molecule has 0 radical (unpaired) electrons. The van der Waals surface area contributed by atoms with E-state index in [-0.39, 0.29) is 0 Å². The van der Waals surface area contributed by atoms with Gasteiger partial charge in [-0.2, -0.15) is 15.8 Å². The number of aromatic nitrogens is 2. The van der Waals surface area contributed by atoms with Gasteiger partial charge in [-0.15, -0.1) is 0 Å². The Balaban J connectivity index is 1.28. The third-order valence-electron chi connectivity index (χ3n) is 9.67. The summed E-state index contributed by atoms with van der Waals surface area (Å²) in [6.45, 7) is 0. The van der Waals surface area contributed by atoms with Crippen LogP contribution in [0.25, 0.3) is 77.2 Å². The molecule has 0 aliphatic heterocycles. The zero-order chi connectivity index (χ0) is 33.8. The van der Waals surface area contributed by atoms with Crippen molar-refractivity contribution in [2.24, 2.45) is 0 Å². The topological polar surface area (TPSA) is 81.2 Å². The highest BCUT2D eigenvalue weighted by molar-refractivity contribution is 6.11. The van der Waals surface area contributed by atoms with E-state index in [1.165, 1.54) is 10.8 Å². The quantitative estimate of drug-likeness (QED) is 0.193. The first-order valence-corrected chi connectivity index (χ1v) is 16.3. The molecule has 230 valence electrons. The molecule has 7 aromatic carbocycles. The van der Waals surface area contributed by atoms with Crippen molar-refractivity contribution in [3.63, 3.8) is 0 Å². The molecule has 0 amide bonds. The zero-order valence-corrected chi connectivity index (χ0v) is 26.7. The molecule has 0 saturated carbocycles. The second kappa shape index (κ2) is 11.4. The highest BCUT2D eigenvalue weighted by atomic mass is 15.0. The third kappa shape index (κ3) is 4.24. The van der Waals surface area contributed by atoms with Gasteiger partial charge in [-0.05, 0) is 77.4 Å². The standard InChI is InChI=1S/C45H25N5/c46-26-29-17-23-43-38(25-29)36-12-5-8-16-42(36)50(43)44-24-20-31(27-47)39(28-48)45(44)37-13-2-1-9-33(37)30-18-21-32(22-19-30)49-40-14-6-3-10-34(40)35-11-4-7-15-41(35)49/h1-25H. The first-order chi connectivity index (χ1) is 24.7. The van der Waals surface area contributed by atoms with Crippen molar-refractivity contribution in [2.75, 3.05) is 0 Å². The zero-order valence-electron chi connectivity index (χ0n) is 26.7. The second-order valence-electron chi connectivity index (χ2n) is 12.3. The molecule has 0 spiro atoms. The maximum Gasteiger partial charge on any atom is 0.101 e. The molecule has 0 atom stereocenters. The second-order valence-corrected chi connectivity index (χ2v) is 12.3. The summed E-state index contributed by atoms with van der Waals surface area (Å²) in [7, 11) is 0. The highest BCUT2D eigenvalue weighted by Crippen LogP contribution is 2.42. The minimum absolute atomic E-state index is 0.315. The Bertz CT molecular complexity index is 2900. The van der Waals surface area contributed by atoms with E-state index in [2.05, 4.69) is 118 Å². The Labute approximate surface area is 287 Å². The molecule has 2 heterocycles. The number of fused-ring (bicyclic) bond motifs is 6. The number of nitriles is 3. The van der Waals surface area contributed by atoms with E-state index >= 15 is 0 Å². The molecule has 0 bridgehead atoms. The van der Waals surface area contributed by atoms with Gasteiger partial charge in [0.15, 0.2) is 0 Å². The largest absolute Gasteiger partial charge is 0.309 e. The van der Waals surface area contributed by atoms with E-state index in [9.17, 15) is 15.8 Å². The van der Waals surface area contributed by atoms with Crippen LogP contribution in [0, 0.1) is 34.0 Å². The number of para-hydroxylation sites is 3. The first kappa shape index (κ1) is 28.8. The molecule has 5 heteroatoms. The number of hydrogen-bond acceptors (Lipinski definition) is 3. The molecule has 9 aromatic rings. The van der Waals surface area contributed by atoms with Gasteiger partial charge in [0.05, 0.1) is 50.5 Å². The van der Waals surface area contributed by atoms with Crippen LogP contribution in [0.4, 0.5) is 0 Å². The van der Waals surface area contributed by atoms with Crippen molar-refractivity contribution >= 4 is 43.6 Å². The Morgan fingerprint density at radius 3 is 1.60 bits per heavy atom. The SMILES string of the molecule is N#Cc1ccc2c(c1)c1ccccc1n2-c1ccc(C#N)c(C#N)c1-c1ccccc1-c1ccc(-n2c3ccccc3c3ccccc32)cc1. The van der Waals surface area contributed by atoms with Crippen LogP contribution in [0.15, 0.2) is 152 Å². The van der Waals surface area contributed by atoms with E-state index in [1.807, 2.05) is 54.6 Å². The van der Waals surface area contributed by atoms with E-state index in [0.717, 1.165) is 60.9 Å². The number of hydrogen-bond donors (Lipinski definition) is 0. The predicted octanol–water partition coefficient (Wildman–Crippen LogP) is 10.8. The molecule has 0 unspecified atom stereocenters. The summed E-state index contributed by atoms with van der Waals surface area (Å²) in [6.07, 6.45) is 0. The van der Waals surface area contributed by atoms with E-state index in [1.54, 1.807) is 6.07 Å². The van der Waals surface area contributed by atoms with Crippen LogP contribution < -0.4 is 0 Å². The molecule has 0 saturated heterocycles. The van der Waals surface area contributed by atoms with Crippen molar-refractivity contribution in [1.82, 2.24) is 9.13 Å². The van der Waals surface area contributed by atoms with Gasteiger partial charge in [0.2, 0.25) is 0 Å². The van der Waals surface area contributed by atoms with E-state index in [0.29, 0.717) is 22.3 Å². The van der Waals surface area contributed by atoms with Crippen molar-refractivity contribution in [3.8, 4) is 51.8 Å². The molecule has 2 aromatic heterocycles. The van der Waals surface area contributed by atoms with Gasteiger partial charge in [-0.1, -0.05) is 91.0 Å².